The third kappa shape index (κ3) is 10.7. The van der Waals surface area contributed by atoms with Gasteiger partial charge < -0.3 is 19.2 Å². The average Bonchev–Trinajstić information content (AvgIpc) is 3.30. The van der Waals surface area contributed by atoms with E-state index in [4.69, 9.17) is 14.3 Å². The summed E-state index contributed by atoms with van der Waals surface area (Å²) in [6.45, 7) is 12.4. The normalized spacial score (nSPS) is 18.0. The molecule has 290 valence electrons. The maximum atomic E-state index is 12.2. The molecule has 2 heterocycles. The van der Waals surface area contributed by atoms with Crippen LogP contribution in [0.3, 0.4) is 0 Å². The monoisotopic (exact) mass is 773 g/mol. The van der Waals surface area contributed by atoms with Gasteiger partial charge in [-0.3, -0.25) is 13.9 Å². The van der Waals surface area contributed by atoms with Crippen LogP contribution in [0.2, 0.25) is 0 Å². The molecule has 3 aliphatic rings. The van der Waals surface area contributed by atoms with Crippen LogP contribution in [0.1, 0.15) is 90.0 Å². The van der Waals surface area contributed by atoms with Crippen molar-refractivity contribution in [3.63, 3.8) is 0 Å². The molecular weight excluding hydrogens is 721 g/mol. The maximum absolute atomic E-state index is 12.2. The summed E-state index contributed by atoms with van der Waals surface area (Å²) in [5.41, 5.74) is 3.55. The molecule has 12 nitrogen and oxygen atoms in total. The van der Waals surface area contributed by atoms with Crippen molar-refractivity contribution < 1.29 is 45.0 Å². The van der Waals surface area contributed by atoms with Gasteiger partial charge in [0.2, 0.25) is 5.36 Å². The number of anilines is 1. The van der Waals surface area contributed by atoms with Gasteiger partial charge in [-0.2, -0.15) is 16.8 Å². The van der Waals surface area contributed by atoms with Gasteiger partial charge in [-0.05, 0) is 92.1 Å². The van der Waals surface area contributed by atoms with Gasteiger partial charge in [-0.25, -0.2) is 4.58 Å². The first-order valence-electron chi connectivity index (χ1n) is 17.9. The van der Waals surface area contributed by atoms with Gasteiger partial charge in [-0.1, -0.05) is 33.3 Å². The lowest BCUT2D eigenvalue weighted by atomic mass is 9.78. The molecular formula is C39H53N2O10S2+. The molecule has 0 fully saturated rings. The molecule has 0 bridgehead atoms. The SMILES string of the molecule is CC[N+](CCCS(=O)(=O)O)=c1ccc2c(C(C)(C)C)cc(C=CC=C3N(CCCCCC(=O)O)c4ccc(S(=O)(=O)O)cc4C3(C)CCOC)oc-2c1. The fourth-order valence-electron chi connectivity index (χ4n) is 6.96. The zero-order chi connectivity index (χ0) is 39.2. The number of rotatable bonds is 17. The number of hydrogen-bond donors (Lipinski definition) is 3. The number of fused-ring (bicyclic) bond motifs is 2. The largest absolute Gasteiger partial charge is 0.481 e. The van der Waals surface area contributed by atoms with Gasteiger partial charge in [0.1, 0.15) is 24.6 Å². The lowest BCUT2D eigenvalue weighted by Crippen LogP contribution is -2.31. The van der Waals surface area contributed by atoms with Crippen molar-refractivity contribution in [3.05, 3.63) is 82.6 Å². The molecule has 14 heteroatoms. The molecule has 0 radical (unpaired) electrons. The molecule has 3 N–H and O–H groups in total. The third-order valence-corrected chi connectivity index (χ3v) is 11.4. The molecule has 1 aliphatic carbocycles. The predicted octanol–water partition coefficient (Wildman–Crippen LogP) is 6.36. The second-order valence-corrected chi connectivity index (χ2v) is 17.7. The Hall–Kier alpha value is -3.82. The number of benzene rings is 2. The van der Waals surface area contributed by atoms with Gasteiger partial charge in [0.25, 0.3) is 20.2 Å². The Kier molecular flexibility index (Phi) is 13.5. The summed E-state index contributed by atoms with van der Waals surface area (Å²) in [7, 11) is -6.91. The van der Waals surface area contributed by atoms with E-state index >= 15 is 0 Å². The van der Waals surface area contributed by atoms with Crippen molar-refractivity contribution >= 4 is 38.0 Å². The smallest absolute Gasteiger partial charge is 0.303 e. The summed E-state index contributed by atoms with van der Waals surface area (Å²) in [5.74, 6) is 0.109. The van der Waals surface area contributed by atoms with Gasteiger partial charge in [-0.15, -0.1) is 0 Å². The Morgan fingerprint density at radius 2 is 1.75 bits per heavy atom. The van der Waals surface area contributed by atoms with E-state index in [9.17, 15) is 30.7 Å². The van der Waals surface area contributed by atoms with Crippen LogP contribution < -0.4 is 14.8 Å². The van der Waals surface area contributed by atoms with Crippen LogP contribution in [-0.4, -0.2) is 76.1 Å². The number of aliphatic carboxylic acids is 1. The van der Waals surface area contributed by atoms with E-state index in [1.54, 1.807) is 13.2 Å². The van der Waals surface area contributed by atoms with Crippen molar-refractivity contribution in [2.24, 2.45) is 0 Å². The molecule has 1 unspecified atom stereocenters. The number of unbranched alkanes of at least 4 members (excludes halogenated alkanes) is 2. The Bertz CT molecular complexity index is 2110. The highest BCUT2D eigenvalue weighted by Crippen LogP contribution is 2.51. The van der Waals surface area contributed by atoms with Crippen molar-refractivity contribution in [1.29, 1.82) is 0 Å². The molecule has 0 saturated carbocycles. The van der Waals surface area contributed by atoms with Crippen molar-refractivity contribution in [2.45, 2.75) is 88.9 Å². The van der Waals surface area contributed by atoms with Crippen LogP contribution in [0.5, 0.6) is 0 Å². The van der Waals surface area contributed by atoms with Crippen LogP contribution in [0, 0.1) is 0 Å². The van der Waals surface area contributed by atoms with Gasteiger partial charge in [0.15, 0.2) is 0 Å². The van der Waals surface area contributed by atoms with Gasteiger partial charge in [0, 0.05) is 61.5 Å². The standard InChI is InChI=1S/C39H52N2O10S2/c1-7-40(21-12-24-52(44,45)46)28-16-18-31-32(38(2,3)4)26-29(51-35(31)25-28)13-11-14-36-39(5,20-23-50-6)33-27-30(53(47,48)49)17-19-34(33)41(36)22-10-8-9-15-37(42)43/h11,13-14,16-19,25-27H,7-10,12,15,20-24H2,1-6H3,(H2-,42,43,44,45,46,47,48,49)/p+1. The molecule has 0 aromatic heterocycles. The number of nitrogens with zero attached hydrogens (tertiary/aromatic N) is 2. The fourth-order valence-corrected chi connectivity index (χ4v) is 7.96. The van der Waals surface area contributed by atoms with Crippen molar-refractivity contribution in [1.82, 2.24) is 4.58 Å². The number of carboxylic acid groups (broad SMARTS) is 1. The van der Waals surface area contributed by atoms with E-state index < -0.39 is 31.6 Å². The number of carbonyl (C=O) groups is 1. The summed E-state index contributed by atoms with van der Waals surface area (Å²) in [6, 6.07) is 12.6. The first kappa shape index (κ1) is 41.9. The summed E-state index contributed by atoms with van der Waals surface area (Å²) in [6.07, 6.45) is 8.60. The van der Waals surface area contributed by atoms with Crippen LogP contribution in [-0.2, 0) is 40.6 Å². The first-order chi connectivity index (χ1) is 24.8. The minimum atomic E-state index is -4.46. The minimum Gasteiger partial charge on any atom is -0.481 e. The summed E-state index contributed by atoms with van der Waals surface area (Å²) >= 11 is 0. The molecule has 53 heavy (non-hydrogen) atoms. The number of ether oxygens (including phenoxy) is 1. The Morgan fingerprint density at radius 3 is 2.38 bits per heavy atom. The Morgan fingerprint density at radius 1 is 1.02 bits per heavy atom. The second-order valence-electron chi connectivity index (χ2n) is 14.7. The van der Waals surface area contributed by atoms with Crippen LogP contribution in [0.4, 0.5) is 5.69 Å². The summed E-state index contributed by atoms with van der Waals surface area (Å²) in [5, 5.41) is 9.97. The minimum absolute atomic E-state index is 0.0864. The van der Waals surface area contributed by atoms with Crippen molar-refractivity contribution in [2.75, 3.05) is 44.0 Å². The lowest BCUT2D eigenvalue weighted by Gasteiger charge is -2.30. The fraction of sp³-hybridized carbons (Fsp3) is 0.487. The topological polar surface area (TPSA) is 175 Å². The molecule has 0 amide bonds. The number of allylic oxidation sites excluding steroid dienone is 3. The Labute approximate surface area is 313 Å². The molecule has 1 aromatic carbocycles. The molecule has 0 spiro atoms. The lowest BCUT2D eigenvalue weighted by molar-refractivity contribution is -0.137. The molecule has 4 rings (SSSR count). The molecule has 1 aromatic rings. The van der Waals surface area contributed by atoms with Crippen molar-refractivity contribution in [3.8, 4) is 11.3 Å². The van der Waals surface area contributed by atoms with E-state index in [2.05, 4.69) is 25.7 Å². The van der Waals surface area contributed by atoms with E-state index in [1.165, 1.54) is 12.1 Å². The van der Waals surface area contributed by atoms with E-state index in [0.29, 0.717) is 63.4 Å². The summed E-state index contributed by atoms with van der Waals surface area (Å²) < 4.78 is 80.1. The van der Waals surface area contributed by atoms with Gasteiger partial charge in [0.05, 0.1) is 16.7 Å². The zero-order valence-electron chi connectivity index (χ0n) is 31.5. The highest BCUT2D eigenvalue weighted by molar-refractivity contribution is 7.86. The first-order valence-corrected chi connectivity index (χ1v) is 20.9. The van der Waals surface area contributed by atoms with Crippen LogP contribution >= 0.6 is 0 Å². The highest BCUT2D eigenvalue weighted by atomic mass is 32.2. The van der Waals surface area contributed by atoms with E-state index in [0.717, 1.165) is 33.4 Å². The maximum Gasteiger partial charge on any atom is 0.303 e. The number of carboxylic acids is 1. The quantitative estimate of drug-likeness (QED) is 0.0792. The zero-order valence-corrected chi connectivity index (χ0v) is 33.1. The average molecular weight is 774 g/mol. The number of hydrogen-bond acceptors (Lipinski definition) is 8. The molecule has 0 saturated heterocycles. The molecule has 1 atom stereocenters. The molecule has 2 aliphatic heterocycles. The second kappa shape index (κ2) is 17.1. The Balaban J connectivity index is 1.82. The van der Waals surface area contributed by atoms with E-state index in [1.807, 2.05) is 60.9 Å². The van der Waals surface area contributed by atoms with E-state index in [-0.39, 0.29) is 28.9 Å². The van der Waals surface area contributed by atoms with Crippen LogP contribution in [0.25, 0.3) is 17.4 Å². The highest BCUT2D eigenvalue weighted by Gasteiger charge is 2.43. The summed E-state index contributed by atoms with van der Waals surface area (Å²) in [4.78, 5) is 13.0. The van der Waals surface area contributed by atoms with Crippen LogP contribution in [0.15, 0.2) is 69.6 Å². The van der Waals surface area contributed by atoms with Gasteiger partial charge >= 0.3 is 5.97 Å². The number of methoxy groups -OCH3 is 1. The third-order valence-electron chi connectivity index (χ3n) is 9.76. The predicted molar refractivity (Wildman–Crippen MR) is 206 cm³/mol.